The Morgan fingerprint density at radius 3 is 2.67 bits per heavy atom. The molecular formula is C17H31NO3. The van der Waals surface area contributed by atoms with E-state index < -0.39 is 0 Å². The van der Waals surface area contributed by atoms with Crippen molar-refractivity contribution in [1.82, 2.24) is 5.32 Å². The Labute approximate surface area is 129 Å². The summed E-state index contributed by atoms with van der Waals surface area (Å²) in [5.41, 5.74) is 0.0761. The highest BCUT2D eigenvalue weighted by Crippen LogP contribution is 2.38. The van der Waals surface area contributed by atoms with E-state index in [9.17, 15) is 4.79 Å². The van der Waals surface area contributed by atoms with Gasteiger partial charge in [-0.1, -0.05) is 33.1 Å². The molecule has 0 bridgehead atoms. The molecule has 0 aromatic carbocycles. The zero-order valence-electron chi connectivity index (χ0n) is 13.8. The summed E-state index contributed by atoms with van der Waals surface area (Å²) in [7, 11) is 1.48. The lowest BCUT2D eigenvalue weighted by atomic mass is 9.78. The van der Waals surface area contributed by atoms with E-state index in [-0.39, 0.29) is 17.6 Å². The summed E-state index contributed by atoms with van der Waals surface area (Å²) in [4.78, 5) is 12.0. The largest absolute Gasteiger partial charge is 0.468 e. The number of ether oxygens (including phenoxy) is 2. The first kappa shape index (κ1) is 16.8. The molecule has 1 heterocycles. The predicted octanol–water partition coefficient (Wildman–Crippen LogP) is 3.05. The minimum Gasteiger partial charge on any atom is -0.468 e. The van der Waals surface area contributed by atoms with Crippen molar-refractivity contribution >= 4 is 5.97 Å². The van der Waals surface area contributed by atoms with Crippen LogP contribution in [0.3, 0.4) is 0 Å². The number of carbonyl (C=O) groups is 1. The Balaban J connectivity index is 1.94. The van der Waals surface area contributed by atoms with Gasteiger partial charge in [0.25, 0.3) is 0 Å². The third-order valence-corrected chi connectivity index (χ3v) is 4.89. The van der Waals surface area contributed by atoms with Crippen molar-refractivity contribution in [2.24, 2.45) is 5.92 Å². The molecule has 4 nitrogen and oxygen atoms in total. The van der Waals surface area contributed by atoms with Gasteiger partial charge in [0, 0.05) is 12.6 Å². The molecule has 2 rings (SSSR count). The summed E-state index contributed by atoms with van der Waals surface area (Å²) in [6, 6.07) is 0.193. The third-order valence-electron chi connectivity index (χ3n) is 4.89. The van der Waals surface area contributed by atoms with Crippen LogP contribution in [0.5, 0.6) is 0 Å². The number of rotatable bonds is 5. The van der Waals surface area contributed by atoms with Crippen LogP contribution in [-0.4, -0.2) is 37.4 Å². The zero-order valence-corrected chi connectivity index (χ0v) is 13.8. The van der Waals surface area contributed by atoms with Crippen LogP contribution in [0.15, 0.2) is 0 Å². The van der Waals surface area contributed by atoms with E-state index in [4.69, 9.17) is 9.47 Å². The van der Waals surface area contributed by atoms with Crippen LogP contribution in [0.4, 0.5) is 0 Å². The minimum atomic E-state index is -0.182. The van der Waals surface area contributed by atoms with Gasteiger partial charge in [-0.2, -0.15) is 0 Å². The second-order valence-corrected chi connectivity index (χ2v) is 7.15. The summed E-state index contributed by atoms with van der Waals surface area (Å²) in [5.74, 6) is 0.345. The molecular weight excluding hydrogens is 266 g/mol. The van der Waals surface area contributed by atoms with E-state index in [1.165, 1.54) is 39.2 Å². The van der Waals surface area contributed by atoms with Gasteiger partial charge in [-0.05, 0) is 38.0 Å². The molecule has 1 N–H and O–H groups in total. The van der Waals surface area contributed by atoms with Crippen LogP contribution in [0, 0.1) is 5.92 Å². The molecule has 0 radical (unpaired) electrons. The number of nitrogens with one attached hydrogen (secondary N) is 1. The maximum atomic E-state index is 12.0. The average Bonchev–Trinajstić information content (AvgIpc) is 2.46. The molecule has 1 spiro atoms. The van der Waals surface area contributed by atoms with Crippen molar-refractivity contribution in [2.75, 3.05) is 13.7 Å². The van der Waals surface area contributed by atoms with Crippen molar-refractivity contribution < 1.29 is 14.3 Å². The molecule has 122 valence electrons. The molecule has 0 aromatic heterocycles. The lowest BCUT2D eigenvalue weighted by Crippen LogP contribution is -2.52. The van der Waals surface area contributed by atoms with Gasteiger partial charge in [0.15, 0.2) is 0 Å². The van der Waals surface area contributed by atoms with Gasteiger partial charge >= 0.3 is 5.97 Å². The van der Waals surface area contributed by atoms with Gasteiger partial charge in [0.1, 0.15) is 6.04 Å². The molecule has 2 aliphatic rings. The second-order valence-electron chi connectivity index (χ2n) is 7.15. The number of methoxy groups -OCH3 is 1. The van der Waals surface area contributed by atoms with Gasteiger partial charge < -0.3 is 14.8 Å². The van der Waals surface area contributed by atoms with Crippen LogP contribution in [0.1, 0.15) is 65.2 Å². The molecule has 2 fully saturated rings. The van der Waals surface area contributed by atoms with Crippen molar-refractivity contribution in [1.29, 1.82) is 0 Å². The van der Waals surface area contributed by atoms with Gasteiger partial charge in [0.2, 0.25) is 0 Å². The molecule has 1 saturated carbocycles. The Morgan fingerprint density at radius 1 is 1.33 bits per heavy atom. The lowest BCUT2D eigenvalue weighted by Gasteiger charge is -2.44. The minimum absolute atomic E-state index is 0.0761. The SMILES string of the molecule is COC(=O)C(CC(C)C)NC1CCOC2(CCCCC2)C1. The highest BCUT2D eigenvalue weighted by Gasteiger charge is 2.39. The van der Waals surface area contributed by atoms with E-state index in [1.807, 2.05) is 0 Å². The molecule has 1 aliphatic heterocycles. The highest BCUT2D eigenvalue weighted by molar-refractivity contribution is 5.75. The van der Waals surface area contributed by atoms with Gasteiger partial charge in [-0.3, -0.25) is 4.79 Å². The molecule has 1 aliphatic carbocycles. The standard InChI is InChI=1S/C17H31NO3/c1-13(2)11-15(16(19)20-3)18-14-7-10-21-17(12-14)8-5-4-6-9-17/h13-15,18H,4-12H2,1-3H3. The first-order valence-electron chi connectivity index (χ1n) is 8.52. The summed E-state index contributed by atoms with van der Waals surface area (Å²) in [6.45, 7) is 5.10. The summed E-state index contributed by atoms with van der Waals surface area (Å²) in [5, 5.41) is 3.56. The van der Waals surface area contributed by atoms with Crippen molar-refractivity contribution in [3.05, 3.63) is 0 Å². The maximum absolute atomic E-state index is 12.0. The van der Waals surface area contributed by atoms with Crippen LogP contribution < -0.4 is 5.32 Å². The summed E-state index contributed by atoms with van der Waals surface area (Å²) < 4.78 is 11.1. The fourth-order valence-electron chi connectivity index (χ4n) is 3.85. The predicted molar refractivity (Wildman–Crippen MR) is 83.2 cm³/mol. The fraction of sp³-hybridized carbons (Fsp3) is 0.941. The van der Waals surface area contributed by atoms with Crippen molar-refractivity contribution in [2.45, 2.75) is 82.9 Å². The van der Waals surface area contributed by atoms with Crippen LogP contribution in [-0.2, 0) is 14.3 Å². The molecule has 21 heavy (non-hydrogen) atoms. The molecule has 1 saturated heterocycles. The highest BCUT2D eigenvalue weighted by atomic mass is 16.5. The second kappa shape index (κ2) is 7.59. The smallest absolute Gasteiger partial charge is 0.322 e. The van der Waals surface area contributed by atoms with E-state index >= 15 is 0 Å². The molecule has 2 atom stereocenters. The fourth-order valence-corrected chi connectivity index (χ4v) is 3.85. The van der Waals surface area contributed by atoms with Crippen LogP contribution in [0.2, 0.25) is 0 Å². The van der Waals surface area contributed by atoms with Crippen LogP contribution >= 0.6 is 0 Å². The molecule has 2 unspecified atom stereocenters. The third kappa shape index (κ3) is 4.68. The summed E-state index contributed by atoms with van der Waals surface area (Å²) in [6.07, 6.45) is 9.11. The lowest BCUT2D eigenvalue weighted by molar-refractivity contribution is -0.145. The molecule has 0 aromatic rings. The number of hydrogen-bond donors (Lipinski definition) is 1. The monoisotopic (exact) mass is 297 g/mol. The average molecular weight is 297 g/mol. The van der Waals surface area contributed by atoms with Crippen molar-refractivity contribution in [3.63, 3.8) is 0 Å². The van der Waals surface area contributed by atoms with E-state index in [1.54, 1.807) is 0 Å². The van der Waals surface area contributed by atoms with E-state index in [2.05, 4.69) is 19.2 Å². The van der Waals surface area contributed by atoms with Crippen LogP contribution in [0.25, 0.3) is 0 Å². The van der Waals surface area contributed by atoms with Gasteiger partial charge in [-0.25, -0.2) is 0 Å². The zero-order chi connectivity index (χ0) is 15.3. The number of carbonyl (C=O) groups excluding carboxylic acids is 1. The maximum Gasteiger partial charge on any atom is 0.322 e. The first-order chi connectivity index (χ1) is 10.0. The number of hydrogen-bond acceptors (Lipinski definition) is 4. The van der Waals surface area contributed by atoms with Gasteiger partial charge in [-0.15, -0.1) is 0 Å². The molecule has 4 heteroatoms. The van der Waals surface area contributed by atoms with E-state index in [0.29, 0.717) is 12.0 Å². The Morgan fingerprint density at radius 2 is 2.05 bits per heavy atom. The molecule has 0 amide bonds. The Bertz CT molecular complexity index is 331. The van der Waals surface area contributed by atoms with Gasteiger partial charge in [0.05, 0.1) is 12.7 Å². The normalized spacial score (nSPS) is 26.8. The van der Waals surface area contributed by atoms with E-state index in [0.717, 1.165) is 25.9 Å². The Hall–Kier alpha value is -0.610. The number of esters is 1. The topological polar surface area (TPSA) is 47.6 Å². The first-order valence-corrected chi connectivity index (χ1v) is 8.52. The van der Waals surface area contributed by atoms with Crippen molar-refractivity contribution in [3.8, 4) is 0 Å². The summed E-state index contributed by atoms with van der Waals surface area (Å²) >= 11 is 0. The Kier molecular flexibility index (Phi) is 6.06. The quantitative estimate of drug-likeness (QED) is 0.792.